The zero-order valence-corrected chi connectivity index (χ0v) is 13.6. The molecule has 0 N–H and O–H groups in total. The van der Waals surface area contributed by atoms with Crippen LogP contribution in [0.1, 0.15) is 28.2 Å². The molecule has 5 rings (SSSR count). The third kappa shape index (κ3) is 2.01. The van der Waals surface area contributed by atoms with Crippen LogP contribution in [0.4, 0.5) is 0 Å². The zero-order chi connectivity index (χ0) is 16.8. The smallest absolute Gasteiger partial charge is 0.0991 e. The van der Waals surface area contributed by atoms with Crippen molar-refractivity contribution in [2.75, 3.05) is 0 Å². The molecule has 25 heavy (non-hydrogen) atoms. The standard InChI is InChI=1S/C24H15N/c25-15-16-10-12-20-21-13-11-17-6-4-5-9-19(17)24(21)23(22(20)14-16)18-7-2-1-3-8-18/h1-14,23H. The van der Waals surface area contributed by atoms with E-state index in [2.05, 4.69) is 84.9 Å². The van der Waals surface area contributed by atoms with Gasteiger partial charge in [-0.15, -0.1) is 0 Å². The summed E-state index contributed by atoms with van der Waals surface area (Å²) in [7, 11) is 0. The molecule has 1 nitrogen and oxygen atoms in total. The van der Waals surface area contributed by atoms with Crippen LogP contribution in [-0.4, -0.2) is 0 Å². The second kappa shape index (κ2) is 5.33. The van der Waals surface area contributed by atoms with Crippen molar-refractivity contribution < 1.29 is 0 Å². The monoisotopic (exact) mass is 317 g/mol. The average molecular weight is 317 g/mol. The van der Waals surface area contributed by atoms with E-state index in [0.717, 1.165) is 5.56 Å². The van der Waals surface area contributed by atoms with Crippen LogP contribution < -0.4 is 0 Å². The van der Waals surface area contributed by atoms with Crippen molar-refractivity contribution in [3.05, 3.63) is 107 Å². The highest BCUT2D eigenvalue weighted by molar-refractivity contribution is 5.97. The van der Waals surface area contributed by atoms with Crippen LogP contribution in [-0.2, 0) is 0 Å². The molecule has 0 aromatic heterocycles. The number of rotatable bonds is 1. The molecule has 1 unspecified atom stereocenters. The lowest BCUT2D eigenvalue weighted by Crippen LogP contribution is -2.00. The largest absolute Gasteiger partial charge is 0.192 e. The van der Waals surface area contributed by atoms with Crippen LogP contribution in [0.15, 0.2) is 84.9 Å². The van der Waals surface area contributed by atoms with Crippen molar-refractivity contribution in [1.82, 2.24) is 0 Å². The maximum atomic E-state index is 9.36. The van der Waals surface area contributed by atoms with E-state index in [1.54, 1.807) is 0 Å². The molecule has 1 heteroatoms. The summed E-state index contributed by atoms with van der Waals surface area (Å²) >= 11 is 0. The number of benzene rings is 4. The van der Waals surface area contributed by atoms with Gasteiger partial charge >= 0.3 is 0 Å². The van der Waals surface area contributed by atoms with Gasteiger partial charge in [-0.1, -0.05) is 72.8 Å². The quantitative estimate of drug-likeness (QED) is 0.379. The van der Waals surface area contributed by atoms with E-state index >= 15 is 0 Å². The fourth-order valence-corrected chi connectivity index (χ4v) is 4.11. The average Bonchev–Trinajstić information content (AvgIpc) is 3.02. The number of hydrogen-bond donors (Lipinski definition) is 0. The van der Waals surface area contributed by atoms with E-state index in [1.807, 2.05) is 6.07 Å². The number of nitriles is 1. The molecule has 1 atom stereocenters. The van der Waals surface area contributed by atoms with Crippen LogP contribution >= 0.6 is 0 Å². The number of hydrogen-bond acceptors (Lipinski definition) is 1. The van der Waals surface area contributed by atoms with Crippen molar-refractivity contribution in [2.45, 2.75) is 5.92 Å². The number of nitrogens with zero attached hydrogens (tertiary/aromatic N) is 1. The predicted octanol–water partition coefficient (Wildman–Crippen LogP) is 5.87. The first-order chi connectivity index (χ1) is 12.4. The molecule has 0 heterocycles. The lowest BCUT2D eigenvalue weighted by molar-refractivity contribution is 1.02. The molecule has 0 aliphatic heterocycles. The third-order valence-corrected chi connectivity index (χ3v) is 5.17. The van der Waals surface area contributed by atoms with E-state index in [4.69, 9.17) is 0 Å². The summed E-state index contributed by atoms with van der Waals surface area (Å²) in [6.45, 7) is 0. The molecule has 4 aromatic rings. The summed E-state index contributed by atoms with van der Waals surface area (Å²) in [4.78, 5) is 0. The van der Waals surface area contributed by atoms with Crippen molar-refractivity contribution in [2.24, 2.45) is 0 Å². The maximum Gasteiger partial charge on any atom is 0.0991 e. The lowest BCUT2D eigenvalue weighted by atomic mass is 9.86. The van der Waals surface area contributed by atoms with Crippen LogP contribution in [0, 0.1) is 11.3 Å². The molecule has 1 aliphatic rings. The van der Waals surface area contributed by atoms with Gasteiger partial charge in [0, 0.05) is 5.92 Å². The Morgan fingerprint density at radius 1 is 0.720 bits per heavy atom. The van der Waals surface area contributed by atoms with Crippen LogP contribution in [0.5, 0.6) is 0 Å². The first-order valence-electron chi connectivity index (χ1n) is 8.48. The molecule has 0 spiro atoms. The van der Waals surface area contributed by atoms with E-state index in [1.165, 1.54) is 38.6 Å². The van der Waals surface area contributed by atoms with E-state index in [0.29, 0.717) is 0 Å². The highest BCUT2D eigenvalue weighted by atomic mass is 14.3. The predicted molar refractivity (Wildman–Crippen MR) is 101 cm³/mol. The van der Waals surface area contributed by atoms with Crippen LogP contribution in [0.25, 0.3) is 21.9 Å². The Morgan fingerprint density at radius 2 is 1.48 bits per heavy atom. The van der Waals surface area contributed by atoms with E-state index < -0.39 is 0 Å². The van der Waals surface area contributed by atoms with Gasteiger partial charge in [-0.2, -0.15) is 5.26 Å². The SMILES string of the molecule is N#Cc1ccc2c(c1)C(c1ccccc1)c1c-2ccc2ccccc12. The first kappa shape index (κ1) is 14.0. The molecule has 0 bridgehead atoms. The molecular formula is C24H15N. The summed E-state index contributed by atoms with van der Waals surface area (Å²) in [5.41, 5.74) is 7.11. The van der Waals surface area contributed by atoms with E-state index in [-0.39, 0.29) is 5.92 Å². The van der Waals surface area contributed by atoms with Gasteiger partial charge in [-0.3, -0.25) is 0 Å². The molecule has 0 saturated carbocycles. The Hall–Kier alpha value is -3.37. The molecule has 116 valence electrons. The highest BCUT2D eigenvalue weighted by Crippen LogP contribution is 2.50. The van der Waals surface area contributed by atoms with Crippen LogP contribution in [0.2, 0.25) is 0 Å². The fraction of sp³-hybridized carbons (Fsp3) is 0.0417. The summed E-state index contributed by atoms with van der Waals surface area (Å²) in [5, 5.41) is 11.9. The third-order valence-electron chi connectivity index (χ3n) is 5.17. The fourth-order valence-electron chi connectivity index (χ4n) is 4.11. The normalized spacial score (nSPS) is 14.8. The summed E-state index contributed by atoms with van der Waals surface area (Å²) in [6.07, 6.45) is 0. The van der Waals surface area contributed by atoms with Crippen molar-refractivity contribution in [3.8, 4) is 17.2 Å². The molecule has 0 saturated heterocycles. The molecule has 0 radical (unpaired) electrons. The van der Waals surface area contributed by atoms with Gasteiger partial charge in [-0.25, -0.2) is 0 Å². The van der Waals surface area contributed by atoms with Crippen LogP contribution in [0.3, 0.4) is 0 Å². The minimum Gasteiger partial charge on any atom is -0.192 e. The van der Waals surface area contributed by atoms with Crippen molar-refractivity contribution in [1.29, 1.82) is 5.26 Å². The molecule has 4 aromatic carbocycles. The Balaban J connectivity index is 1.90. The summed E-state index contributed by atoms with van der Waals surface area (Å²) < 4.78 is 0. The zero-order valence-electron chi connectivity index (χ0n) is 13.6. The van der Waals surface area contributed by atoms with Gasteiger partial charge < -0.3 is 0 Å². The number of fused-ring (bicyclic) bond motifs is 5. The van der Waals surface area contributed by atoms with E-state index in [9.17, 15) is 5.26 Å². The Morgan fingerprint density at radius 3 is 2.32 bits per heavy atom. The second-order valence-corrected chi connectivity index (χ2v) is 6.51. The molecule has 0 fully saturated rings. The topological polar surface area (TPSA) is 23.8 Å². The summed E-state index contributed by atoms with van der Waals surface area (Å²) in [5.74, 6) is 0.172. The Kier molecular flexibility index (Phi) is 2.99. The van der Waals surface area contributed by atoms with Gasteiger partial charge in [0.1, 0.15) is 0 Å². The Labute approximate surface area is 146 Å². The molecule has 0 amide bonds. The summed E-state index contributed by atoms with van der Waals surface area (Å²) in [6, 6.07) is 32.0. The van der Waals surface area contributed by atoms with Gasteiger partial charge in [0.15, 0.2) is 0 Å². The van der Waals surface area contributed by atoms with Crippen molar-refractivity contribution in [3.63, 3.8) is 0 Å². The van der Waals surface area contributed by atoms with Gasteiger partial charge in [0.25, 0.3) is 0 Å². The maximum absolute atomic E-state index is 9.36. The van der Waals surface area contributed by atoms with Gasteiger partial charge in [0.05, 0.1) is 11.6 Å². The minimum absolute atomic E-state index is 0.172. The van der Waals surface area contributed by atoms with Gasteiger partial charge in [-0.05, 0) is 50.7 Å². The Bertz CT molecular complexity index is 1150. The first-order valence-corrected chi connectivity index (χ1v) is 8.48. The molecule has 1 aliphatic carbocycles. The minimum atomic E-state index is 0.172. The second-order valence-electron chi connectivity index (χ2n) is 6.51. The molecular weight excluding hydrogens is 302 g/mol. The van der Waals surface area contributed by atoms with Crippen molar-refractivity contribution >= 4 is 10.8 Å². The van der Waals surface area contributed by atoms with Gasteiger partial charge in [0.2, 0.25) is 0 Å². The lowest BCUT2D eigenvalue weighted by Gasteiger charge is -2.16. The highest BCUT2D eigenvalue weighted by Gasteiger charge is 2.31.